The molecule has 22 nitrogen and oxygen atoms in total. The number of methoxy groups -OCH3 is 1. The number of fused-ring (bicyclic) bond motifs is 2. The summed E-state index contributed by atoms with van der Waals surface area (Å²) in [5.74, 6) is -5.08. The molecule has 3 saturated heterocycles. The van der Waals surface area contributed by atoms with Crippen LogP contribution in [0.25, 0.3) is 0 Å². The number of benzene rings is 1. The Bertz CT molecular complexity index is 2540. The van der Waals surface area contributed by atoms with Gasteiger partial charge in [-0.3, -0.25) is 43.3 Å². The molecule has 1 aromatic rings. The number of carbonyl (C=O) groups excluding carboxylic acids is 9. The Kier molecular flexibility index (Phi) is 23.1. The molecule has 1 saturated carbocycles. The van der Waals surface area contributed by atoms with Gasteiger partial charge in [-0.1, -0.05) is 101 Å². The molecule has 1 spiro atoms. The minimum atomic E-state index is -1.22. The molecule has 5 N–H and O–H groups in total. The highest BCUT2D eigenvalue weighted by Gasteiger charge is 2.83. The first-order valence-corrected chi connectivity index (χ1v) is 28.7. The summed E-state index contributed by atoms with van der Waals surface area (Å²) in [7, 11) is 1.58. The fourth-order valence-electron chi connectivity index (χ4n) is 11.8. The van der Waals surface area contributed by atoms with Gasteiger partial charge in [0.25, 0.3) is 0 Å². The molecular weight excluding hydrogens is 1060 g/mol. The predicted octanol–water partition coefficient (Wildman–Crippen LogP) is 3.59. The summed E-state index contributed by atoms with van der Waals surface area (Å²) in [6.45, 7) is 15.5. The number of allylic oxidation sites excluding steroid dienone is 3. The largest absolute Gasteiger partial charge is 0.463 e. The Labute approximate surface area is 481 Å². The molecular formula is C60H86N6O16. The van der Waals surface area contributed by atoms with Crippen molar-refractivity contribution < 1.29 is 76.3 Å². The third kappa shape index (κ3) is 15.6. The van der Waals surface area contributed by atoms with E-state index in [1.165, 1.54) is 11.8 Å². The Morgan fingerprint density at radius 1 is 0.915 bits per heavy atom. The van der Waals surface area contributed by atoms with Gasteiger partial charge in [-0.25, -0.2) is 4.79 Å². The summed E-state index contributed by atoms with van der Waals surface area (Å²) >= 11 is 0. The van der Waals surface area contributed by atoms with Gasteiger partial charge in [-0.2, -0.15) is 0 Å². The Morgan fingerprint density at radius 3 is 2.28 bits per heavy atom. The molecule has 1 aromatic carbocycles. The van der Waals surface area contributed by atoms with E-state index in [2.05, 4.69) is 46.2 Å². The number of amides is 7. The van der Waals surface area contributed by atoms with E-state index in [9.17, 15) is 43.2 Å². The maximum absolute atomic E-state index is 14.5. The van der Waals surface area contributed by atoms with Crippen LogP contribution >= 0.6 is 0 Å². The van der Waals surface area contributed by atoms with Crippen LogP contribution in [0.4, 0.5) is 0 Å². The van der Waals surface area contributed by atoms with Crippen molar-refractivity contribution in [1.82, 2.24) is 31.5 Å². The molecule has 4 fully saturated rings. The highest BCUT2D eigenvalue weighted by molar-refractivity contribution is 6.05. The number of imide groups is 1. The van der Waals surface area contributed by atoms with Crippen molar-refractivity contribution in [2.75, 3.05) is 59.8 Å². The normalized spacial score (nSPS) is 27.0. The maximum Gasteiger partial charge on any atom is 0.335 e. The van der Waals surface area contributed by atoms with Crippen LogP contribution in [-0.4, -0.2) is 166 Å². The average Bonchev–Trinajstić information content (AvgIpc) is 1.50. The molecule has 7 amide bonds. The van der Waals surface area contributed by atoms with Gasteiger partial charge in [0.1, 0.15) is 37.2 Å². The molecule has 2 bridgehead atoms. The third-order valence-corrected chi connectivity index (χ3v) is 17.4. The molecule has 2 aliphatic carbocycles. The van der Waals surface area contributed by atoms with E-state index >= 15 is 0 Å². The molecule has 3 aliphatic heterocycles. The number of carbonyl (C=O) groups is 9. The topological polar surface area (TPSA) is 285 Å². The highest BCUT2D eigenvalue weighted by Crippen LogP contribution is 2.72. The number of hydrogen-bond donors (Lipinski definition) is 5. The molecule has 452 valence electrons. The van der Waals surface area contributed by atoms with Crippen LogP contribution in [0.1, 0.15) is 118 Å². The van der Waals surface area contributed by atoms with Gasteiger partial charge in [-0.15, -0.1) is 0 Å². The number of epoxide rings is 1. The Balaban J connectivity index is 1.01. The van der Waals surface area contributed by atoms with E-state index < -0.39 is 120 Å². The number of ether oxygens (including phenoxy) is 7. The fraction of sp³-hybridized carbons (Fsp3) is 0.650. The van der Waals surface area contributed by atoms with Crippen LogP contribution in [0.5, 0.6) is 0 Å². The molecule has 0 aromatic heterocycles. The van der Waals surface area contributed by atoms with Crippen molar-refractivity contribution in [1.29, 1.82) is 0 Å². The van der Waals surface area contributed by atoms with Crippen molar-refractivity contribution in [3.63, 3.8) is 0 Å². The van der Waals surface area contributed by atoms with Gasteiger partial charge < -0.3 is 59.7 Å². The van der Waals surface area contributed by atoms with Crippen LogP contribution in [0, 0.1) is 22.2 Å². The van der Waals surface area contributed by atoms with E-state index in [4.69, 9.17) is 33.2 Å². The maximum atomic E-state index is 14.5. The van der Waals surface area contributed by atoms with E-state index in [1.54, 1.807) is 63.4 Å². The summed E-state index contributed by atoms with van der Waals surface area (Å²) in [6, 6.07) is 7.69. The van der Waals surface area contributed by atoms with Gasteiger partial charge in [0.05, 0.1) is 55.4 Å². The number of nitrogens with zero attached hydrogens (tertiary/aromatic N) is 1. The quantitative estimate of drug-likeness (QED) is 0.0128. The number of unbranched alkanes of at least 4 members (excludes halogenated alkanes) is 2. The second-order valence-corrected chi connectivity index (χ2v) is 22.9. The first-order chi connectivity index (χ1) is 39.1. The lowest BCUT2D eigenvalue weighted by atomic mass is 9.51. The van der Waals surface area contributed by atoms with Crippen molar-refractivity contribution in [3.05, 3.63) is 72.4 Å². The molecule has 5 aliphatic rings. The van der Waals surface area contributed by atoms with Gasteiger partial charge in [0.2, 0.25) is 41.4 Å². The lowest BCUT2D eigenvalue weighted by molar-refractivity contribution is -0.235. The van der Waals surface area contributed by atoms with Crippen LogP contribution < -0.4 is 26.6 Å². The van der Waals surface area contributed by atoms with Crippen molar-refractivity contribution in [2.45, 2.75) is 167 Å². The van der Waals surface area contributed by atoms with Crippen molar-refractivity contribution >= 4 is 53.3 Å². The van der Waals surface area contributed by atoms with Crippen LogP contribution in [-0.2, 0) is 82.7 Å². The molecule has 0 radical (unpaired) electrons. The fourth-order valence-corrected chi connectivity index (χ4v) is 11.8. The van der Waals surface area contributed by atoms with Crippen molar-refractivity contribution in [3.8, 4) is 0 Å². The molecule has 12 unspecified atom stereocenters. The van der Waals surface area contributed by atoms with Gasteiger partial charge in [-0.05, 0) is 63.9 Å². The molecule has 6 rings (SSSR count). The van der Waals surface area contributed by atoms with Crippen LogP contribution in [0.3, 0.4) is 0 Å². The molecule has 82 heavy (non-hydrogen) atoms. The summed E-state index contributed by atoms with van der Waals surface area (Å²) < 4.78 is 43.1. The third-order valence-electron chi connectivity index (χ3n) is 17.4. The minimum Gasteiger partial charge on any atom is -0.463 e. The van der Waals surface area contributed by atoms with Gasteiger partial charge in [0.15, 0.2) is 6.10 Å². The van der Waals surface area contributed by atoms with Crippen LogP contribution in [0.2, 0.25) is 0 Å². The lowest BCUT2D eigenvalue weighted by Gasteiger charge is -2.58. The monoisotopic (exact) mass is 1150 g/mol. The van der Waals surface area contributed by atoms with Crippen molar-refractivity contribution in [2.24, 2.45) is 22.2 Å². The molecule has 3 heterocycles. The predicted molar refractivity (Wildman–Crippen MR) is 299 cm³/mol. The Morgan fingerprint density at radius 2 is 1.61 bits per heavy atom. The molecule has 12 atom stereocenters. The highest BCUT2D eigenvalue weighted by atomic mass is 16.6. The second kappa shape index (κ2) is 29.3. The first-order valence-electron chi connectivity index (χ1n) is 28.7. The zero-order valence-electron chi connectivity index (χ0n) is 48.9. The van der Waals surface area contributed by atoms with E-state index in [0.717, 1.165) is 5.57 Å². The summed E-state index contributed by atoms with van der Waals surface area (Å²) in [5.41, 5.74) is -1.17. The standard InChI is InChI=1S/C60H86N6O16/c1-10-12-21-44(40(5)76-9)77-27-24-39(4)53(55(74)78-35-59-25-23-38(3)28-46(59)82-47-30-45(81-41(6)67)58(59,8)60(47)36-80-60)79-37-64-50(70)33-63-54(73)43(29-42-19-15-13-16-20-42)65-51(71)34-62-49(69)32-61-48(68)22-17-14-18-26-66-52(72)31-57(7,11-2)56(66)75/h10,12-13,15-16,19-21,28,39-40,43-47,53H,1,11,14,17-18,22-27,29-37H2,2-9H3,(H,61,68)(H,62,69)(H,63,73)(H,64,70)(H,65,71)/b21-12+. The zero-order valence-corrected chi connectivity index (χ0v) is 48.9. The number of esters is 2. The summed E-state index contributed by atoms with van der Waals surface area (Å²) in [6.07, 6.45) is 8.60. The first kappa shape index (κ1) is 64.8. The number of nitrogens with one attached hydrogen (secondary N) is 5. The van der Waals surface area contributed by atoms with E-state index in [-0.39, 0.29) is 62.4 Å². The summed E-state index contributed by atoms with van der Waals surface area (Å²) in [5, 5.41) is 12.7. The summed E-state index contributed by atoms with van der Waals surface area (Å²) in [4.78, 5) is 119. The Hall–Kier alpha value is -6.33. The number of likely N-dealkylation sites (tertiary alicyclic amines) is 1. The van der Waals surface area contributed by atoms with Gasteiger partial charge in [0, 0.05) is 58.3 Å². The molecule has 22 heteroatoms. The van der Waals surface area contributed by atoms with Crippen LogP contribution in [0.15, 0.2) is 66.8 Å². The number of hydrogen-bond acceptors (Lipinski definition) is 16. The average molecular weight is 1150 g/mol. The van der Waals surface area contributed by atoms with E-state index in [1.807, 2.05) is 26.8 Å². The van der Waals surface area contributed by atoms with Gasteiger partial charge >= 0.3 is 11.9 Å². The number of rotatable bonds is 33. The lowest BCUT2D eigenvalue weighted by Crippen LogP contribution is -2.67. The smallest absolute Gasteiger partial charge is 0.335 e. The minimum absolute atomic E-state index is 0.0409. The van der Waals surface area contributed by atoms with E-state index in [0.29, 0.717) is 70.1 Å². The second-order valence-electron chi connectivity index (χ2n) is 22.9. The SMILES string of the molecule is C=C/C=C/C(OCCC(C)C(OCNC(=O)CNC(=O)C(Cc1ccccc1)NC(=O)CNC(=O)CNC(=O)CCCCCN1C(=O)CC(C)(CC)C1=O)C(=O)OCC12CCC(C)=CC1OC1CC(OC(C)=O)C2(C)C12CO2)C(C)OC. The zero-order chi connectivity index (χ0) is 59.8.